The Bertz CT molecular complexity index is 216. The molecular weight excluding hydrogens is 184 g/mol. The lowest BCUT2D eigenvalue weighted by Crippen LogP contribution is -2.47. The normalized spacial score (nSPS) is 12.6. The van der Waals surface area contributed by atoms with E-state index in [2.05, 4.69) is 5.32 Å². The Morgan fingerprint density at radius 1 is 1.43 bits per heavy atom. The monoisotopic (exact) mass is 202 g/mol. The van der Waals surface area contributed by atoms with Gasteiger partial charge in [-0.15, -0.1) is 0 Å². The molecule has 0 heterocycles. The van der Waals surface area contributed by atoms with Gasteiger partial charge in [-0.3, -0.25) is 9.59 Å². The third-order valence-corrected chi connectivity index (χ3v) is 1.99. The highest BCUT2D eigenvalue weighted by atomic mass is 16.4. The molecule has 0 aliphatic carbocycles. The summed E-state index contributed by atoms with van der Waals surface area (Å²) in [5.41, 5.74) is 0. The fourth-order valence-corrected chi connectivity index (χ4v) is 1.26. The number of hydrogen-bond acceptors (Lipinski definition) is 3. The molecule has 0 aromatic rings. The molecule has 0 bridgehead atoms. The molecular formula is C9H18N2O3. The number of amides is 1. The summed E-state index contributed by atoms with van der Waals surface area (Å²) < 4.78 is 0. The van der Waals surface area contributed by atoms with Crippen molar-refractivity contribution in [3.8, 4) is 0 Å². The van der Waals surface area contributed by atoms with Crippen LogP contribution in [0.25, 0.3) is 0 Å². The first-order valence-electron chi connectivity index (χ1n) is 4.54. The Labute approximate surface area is 84.1 Å². The predicted molar refractivity (Wildman–Crippen MR) is 53.0 cm³/mol. The predicted octanol–water partition coefficient (Wildman–Crippen LogP) is -0.227. The maximum absolute atomic E-state index is 11.7. The van der Waals surface area contributed by atoms with Crippen LogP contribution in [-0.2, 0) is 9.59 Å². The van der Waals surface area contributed by atoms with E-state index in [0.29, 0.717) is 0 Å². The molecule has 0 saturated heterocycles. The molecule has 5 heteroatoms. The van der Waals surface area contributed by atoms with Crippen LogP contribution in [0.2, 0.25) is 0 Å². The van der Waals surface area contributed by atoms with Gasteiger partial charge in [-0.25, -0.2) is 0 Å². The SMILES string of the molecule is CN[C@H](C(=O)N(C)CC(=O)O)C(C)C. The van der Waals surface area contributed by atoms with Crippen molar-refractivity contribution in [1.82, 2.24) is 10.2 Å². The zero-order chi connectivity index (χ0) is 11.3. The maximum Gasteiger partial charge on any atom is 0.323 e. The smallest absolute Gasteiger partial charge is 0.323 e. The van der Waals surface area contributed by atoms with E-state index >= 15 is 0 Å². The summed E-state index contributed by atoms with van der Waals surface area (Å²) in [6, 6.07) is -0.320. The molecule has 0 rings (SSSR count). The van der Waals surface area contributed by atoms with Gasteiger partial charge >= 0.3 is 5.97 Å². The molecule has 0 aliphatic heterocycles. The summed E-state index contributed by atoms with van der Waals surface area (Å²) in [6.45, 7) is 3.56. The van der Waals surface area contributed by atoms with Gasteiger partial charge in [-0.1, -0.05) is 13.8 Å². The van der Waals surface area contributed by atoms with Crippen molar-refractivity contribution in [3.05, 3.63) is 0 Å². The van der Waals surface area contributed by atoms with Crippen LogP contribution in [0.4, 0.5) is 0 Å². The second-order valence-electron chi connectivity index (χ2n) is 3.60. The number of aliphatic carboxylic acids is 1. The van der Waals surface area contributed by atoms with Crippen molar-refractivity contribution in [1.29, 1.82) is 0 Å². The zero-order valence-corrected chi connectivity index (χ0v) is 9.07. The quantitative estimate of drug-likeness (QED) is 0.646. The molecule has 2 N–H and O–H groups in total. The van der Waals surface area contributed by atoms with Crippen molar-refractivity contribution in [3.63, 3.8) is 0 Å². The number of hydrogen-bond donors (Lipinski definition) is 2. The van der Waals surface area contributed by atoms with E-state index in [9.17, 15) is 9.59 Å². The van der Waals surface area contributed by atoms with Crippen LogP contribution in [0.15, 0.2) is 0 Å². The second kappa shape index (κ2) is 5.59. The molecule has 0 aromatic carbocycles. The molecule has 1 atom stereocenters. The van der Waals surface area contributed by atoms with Gasteiger partial charge in [0, 0.05) is 7.05 Å². The number of nitrogens with zero attached hydrogens (tertiary/aromatic N) is 1. The van der Waals surface area contributed by atoms with Crippen LogP contribution >= 0.6 is 0 Å². The molecule has 0 saturated carbocycles. The molecule has 0 spiro atoms. The Morgan fingerprint density at radius 3 is 2.21 bits per heavy atom. The largest absolute Gasteiger partial charge is 0.480 e. The van der Waals surface area contributed by atoms with Gasteiger partial charge in [0.15, 0.2) is 0 Å². The van der Waals surface area contributed by atoms with Crippen LogP contribution in [0.1, 0.15) is 13.8 Å². The van der Waals surface area contributed by atoms with Crippen LogP contribution in [0.5, 0.6) is 0 Å². The maximum atomic E-state index is 11.7. The summed E-state index contributed by atoms with van der Waals surface area (Å²) >= 11 is 0. The van der Waals surface area contributed by atoms with Gasteiger partial charge in [0.25, 0.3) is 0 Å². The van der Waals surface area contributed by atoms with Crippen molar-refractivity contribution in [2.75, 3.05) is 20.6 Å². The van der Waals surface area contributed by atoms with Crippen molar-refractivity contribution in [2.45, 2.75) is 19.9 Å². The Kier molecular flexibility index (Phi) is 5.15. The van der Waals surface area contributed by atoms with Gasteiger partial charge < -0.3 is 15.3 Å². The van der Waals surface area contributed by atoms with E-state index < -0.39 is 5.97 Å². The molecule has 0 aliphatic rings. The van der Waals surface area contributed by atoms with Crippen molar-refractivity contribution in [2.24, 2.45) is 5.92 Å². The average Bonchev–Trinajstić information content (AvgIpc) is 2.03. The lowest BCUT2D eigenvalue weighted by molar-refractivity contribution is -0.144. The molecule has 0 radical (unpaired) electrons. The van der Waals surface area contributed by atoms with E-state index in [0.717, 1.165) is 0 Å². The summed E-state index contributed by atoms with van der Waals surface area (Å²) in [5.74, 6) is -1.05. The third-order valence-electron chi connectivity index (χ3n) is 1.99. The average molecular weight is 202 g/mol. The fourth-order valence-electron chi connectivity index (χ4n) is 1.26. The van der Waals surface area contributed by atoms with E-state index in [1.165, 1.54) is 11.9 Å². The van der Waals surface area contributed by atoms with Crippen LogP contribution < -0.4 is 5.32 Å². The first kappa shape index (κ1) is 12.9. The molecule has 14 heavy (non-hydrogen) atoms. The third kappa shape index (κ3) is 3.74. The van der Waals surface area contributed by atoms with E-state index in [1.54, 1.807) is 7.05 Å². The molecule has 0 fully saturated rings. The van der Waals surface area contributed by atoms with E-state index in [1.807, 2.05) is 13.8 Å². The molecule has 0 unspecified atom stereocenters. The van der Waals surface area contributed by atoms with Crippen LogP contribution in [-0.4, -0.2) is 48.6 Å². The summed E-state index contributed by atoms with van der Waals surface area (Å²) in [6.07, 6.45) is 0. The van der Waals surface area contributed by atoms with Gasteiger partial charge in [0.1, 0.15) is 6.54 Å². The lowest BCUT2D eigenvalue weighted by Gasteiger charge is -2.24. The molecule has 5 nitrogen and oxygen atoms in total. The lowest BCUT2D eigenvalue weighted by atomic mass is 10.0. The second-order valence-corrected chi connectivity index (χ2v) is 3.60. The highest BCUT2D eigenvalue weighted by molar-refractivity contribution is 5.85. The minimum absolute atomic E-state index is 0.142. The highest BCUT2D eigenvalue weighted by Crippen LogP contribution is 2.04. The Balaban J connectivity index is 4.34. The number of carbonyl (C=O) groups is 2. The van der Waals surface area contributed by atoms with Crippen LogP contribution in [0.3, 0.4) is 0 Å². The van der Waals surface area contributed by atoms with Gasteiger partial charge in [-0.2, -0.15) is 0 Å². The number of likely N-dealkylation sites (N-methyl/N-ethyl adjacent to an activating group) is 2. The number of carbonyl (C=O) groups excluding carboxylic acids is 1. The Morgan fingerprint density at radius 2 is 1.93 bits per heavy atom. The first-order chi connectivity index (χ1) is 6.40. The van der Waals surface area contributed by atoms with Crippen LogP contribution in [0, 0.1) is 5.92 Å². The topological polar surface area (TPSA) is 69.6 Å². The fraction of sp³-hybridized carbons (Fsp3) is 0.778. The van der Waals surface area contributed by atoms with E-state index in [4.69, 9.17) is 5.11 Å². The standard InChI is InChI=1S/C9H18N2O3/c1-6(2)8(10-3)9(14)11(4)5-7(12)13/h6,8,10H,5H2,1-4H3,(H,12,13)/t8-/m0/s1. The van der Waals surface area contributed by atoms with Crippen molar-refractivity contribution < 1.29 is 14.7 Å². The minimum Gasteiger partial charge on any atom is -0.480 e. The number of carboxylic acid groups (broad SMARTS) is 1. The van der Waals surface area contributed by atoms with E-state index in [-0.39, 0.29) is 24.4 Å². The van der Waals surface area contributed by atoms with Gasteiger partial charge in [-0.05, 0) is 13.0 Å². The molecule has 0 aromatic heterocycles. The van der Waals surface area contributed by atoms with Gasteiger partial charge in [0.05, 0.1) is 6.04 Å². The van der Waals surface area contributed by atoms with Gasteiger partial charge in [0.2, 0.25) is 5.91 Å². The van der Waals surface area contributed by atoms with Crippen molar-refractivity contribution >= 4 is 11.9 Å². The zero-order valence-electron chi connectivity index (χ0n) is 9.07. The highest BCUT2D eigenvalue weighted by Gasteiger charge is 2.24. The summed E-state index contributed by atoms with van der Waals surface area (Å²) in [5, 5.41) is 11.4. The summed E-state index contributed by atoms with van der Waals surface area (Å²) in [7, 11) is 3.18. The number of rotatable bonds is 5. The number of carboxylic acids is 1. The first-order valence-corrected chi connectivity index (χ1v) is 4.54. The molecule has 1 amide bonds. The number of nitrogens with one attached hydrogen (secondary N) is 1. The summed E-state index contributed by atoms with van der Waals surface area (Å²) in [4.78, 5) is 23.2. The Hall–Kier alpha value is -1.10. The minimum atomic E-state index is -1.00. The molecule has 82 valence electrons.